The average Bonchev–Trinajstić information content (AvgIpc) is 3.10. The van der Waals surface area contributed by atoms with E-state index < -0.39 is 0 Å². The van der Waals surface area contributed by atoms with E-state index in [0.717, 1.165) is 22.6 Å². The minimum Gasteiger partial charge on any atom is -0.288 e. The van der Waals surface area contributed by atoms with E-state index >= 15 is 0 Å². The molecule has 0 aliphatic carbocycles. The van der Waals surface area contributed by atoms with Crippen LogP contribution in [0.2, 0.25) is 4.34 Å². The molecule has 0 saturated heterocycles. The molecule has 0 radical (unpaired) electrons. The molecular weight excluding hydrogens is 328 g/mol. The molecule has 3 rings (SSSR count). The predicted molar refractivity (Wildman–Crippen MR) is 95.7 cm³/mol. The molecular formula is C18H15ClN2OS. The van der Waals surface area contributed by atoms with Crippen molar-refractivity contribution in [2.45, 2.75) is 13.8 Å². The van der Waals surface area contributed by atoms with Crippen molar-refractivity contribution >= 4 is 34.8 Å². The van der Waals surface area contributed by atoms with Gasteiger partial charge in [0.25, 0.3) is 0 Å². The van der Waals surface area contributed by atoms with E-state index in [9.17, 15) is 4.79 Å². The molecule has 2 aromatic heterocycles. The second kappa shape index (κ2) is 6.52. The Morgan fingerprint density at radius 1 is 1.17 bits per heavy atom. The number of hydrogen-bond donors (Lipinski definition) is 0. The second-order valence-electron chi connectivity index (χ2n) is 5.13. The van der Waals surface area contributed by atoms with Crippen LogP contribution in [0, 0.1) is 13.8 Å². The highest BCUT2D eigenvalue weighted by Crippen LogP contribution is 2.23. The number of carbonyl (C=O) groups excluding carboxylic acids is 1. The molecule has 23 heavy (non-hydrogen) atoms. The minimum atomic E-state index is -0.0480. The highest BCUT2D eigenvalue weighted by atomic mass is 35.5. The number of hydrogen-bond acceptors (Lipinski definition) is 3. The van der Waals surface area contributed by atoms with Crippen LogP contribution in [0.4, 0.5) is 0 Å². The van der Waals surface area contributed by atoms with Gasteiger partial charge in [-0.15, -0.1) is 11.3 Å². The summed E-state index contributed by atoms with van der Waals surface area (Å²) in [5.74, 6) is -0.0480. The smallest absolute Gasteiger partial charge is 0.195 e. The molecule has 3 aromatic rings. The van der Waals surface area contributed by atoms with Gasteiger partial charge in [0, 0.05) is 11.3 Å². The fraction of sp³-hybridized carbons (Fsp3) is 0.111. The SMILES string of the molecule is Cc1nn(-c2ccccc2)c(C)c1/C=C/C(=O)c1ccc(Cl)s1. The number of rotatable bonds is 4. The summed E-state index contributed by atoms with van der Waals surface area (Å²) in [6, 6.07) is 13.4. The van der Waals surface area contributed by atoms with Crippen LogP contribution in [0.25, 0.3) is 11.8 Å². The first-order chi connectivity index (χ1) is 11.1. The van der Waals surface area contributed by atoms with Crippen molar-refractivity contribution in [1.29, 1.82) is 0 Å². The Labute approximate surface area is 143 Å². The molecule has 3 nitrogen and oxygen atoms in total. The lowest BCUT2D eigenvalue weighted by atomic mass is 10.1. The summed E-state index contributed by atoms with van der Waals surface area (Å²) < 4.78 is 2.51. The molecule has 0 unspecified atom stereocenters. The molecule has 116 valence electrons. The van der Waals surface area contributed by atoms with Crippen molar-refractivity contribution in [3.05, 3.63) is 74.7 Å². The van der Waals surface area contributed by atoms with Crippen LogP contribution in [0.1, 0.15) is 26.6 Å². The number of ketones is 1. The Morgan fingerprint density at radius 3 is 2.57 bits per heavy atom. The summed E-state index contributed by atoms with van der Waals surface area (Å²) in [6.07, 6.45) is 3.40. The number of aryl methyl sites for hydroxylation is 1. The molecule has 0 atom stereocenters. The van der Waals surface area contributed by atoms with Crippen LogP contribution < -0.4 is 0 Å². The van der Waals surface area contributed by atoms with Crippen molar-refractivity contribution in [3.8, 4) is 5.69 Å². The van der Waals surface area contributed by atoms with E-state index in [1.807, 2.05) is 54.9 Å². The number of halogens is 1. The van der Waals surface area contributed by atoms with Crippen molar-refractivity contribution < 1.29 is 4.79 Å². The summed E-state index contributed by atoms with van der Waals surface area (Å²) in [7, 11) is 0. The van der Waals surface area contributed by atoms with Crippen molar-refractivity contribution in [2.24, 2.45) is 0 Å². The number of benzene rings is 1. The lowest BCUT2D eigenvalue weighted by Gasteiger charge is -2.03. The van der Waals surface area contributed by atoms with Gasteiger partial charge in [-0.2, -0.15) is 5.10 Å². The zero-order chi connectivity index (χ0) is 16.4. The molecule has 0 spiro atoms. The quantitative estimate of drug-likeness (QED) is 0.488. The Morgan fingerprint density at radius 2 is 1.91 bits per heavy atom. The van der Waals surface area contributed by atoms with Gasteiger partial charge in [0.15, 0.2) is 5.78 Å². The van der Waals surface area contributed by atoms with Crippen LogP contribution >= 0.6 is 22.9 Å². The Bertz CT molecular complexity index is 878. The van der Waals surface area contributed by atoms with E-state index in [0.29, 0.717) is 9.21 Å². The fourth-order valence-corrected chi connectivity index (χ4v) is 3.37. The van der Waals surface area contributed by atoms with Crippen LogP contribution in [0.15, 0.2) is 48.5 Å². The van der Waals surface area contributed by atoms with Crippen molar-refractivity contribution in [1.82, 2.24) is 9.78 Å². The van der Waals surface area contributed by atoms with Crippen LogP contribution in [0.5, 0.6) is 0 Å². The number of aromatic nitrogens is 2. The van der Waals surface area contributed by atoms with Crippen molar-refractivity contribution in [3.63, 3.8) is 0 Å². The summed E-state index contributed by atoms with van der Waals surface area (Å²) >= 11 is 7.16. The third-order valence-corrected chi connectivity index (χ3v) is 4.81. The monoisotopic (exact) mass is 342 g/mol. The third kappa shape index (κ3) is 3.28. The van der Waals surface area contributed by atoms with Gasteiger partial charge in [-0.1, -0.05) is 29.8 Å². The Kier molecular flexibility index (Phi) is 4.46. The van der Waals surface area contributed by atoms with Crippen LogP contribution in [-0.2, 0) is 0 Å². The van der Waals surface area contributed by atoms with E-state index in [1.165, 1.54) is 11.3 Å². The molecule has 0 amide bonds. The van der Waals surface area contributed by atoms with E-state index in [4.69, 9.17) is 11.6 Å². The van der Waals surface area contributed by atoms with Gasteiger partial charge in [-0.3, -0.25) is 4.79 Å². The second-order valence-corrected chi connectivity index (χ2v) is 6.85. The van der Waals surface area contributed by atoms with Gasteiger partial charge in [-0.05, 0) is 50.3 Å². The highest BCUT2D eigenvalue weighted by Gasteiger charge is 2.11. The zero-order valence-corrected chi connectivity index (χ0v) is 14.4. The number of allylic oxidation sites excluding steroid dienone is 1. The number of thiophene rings is 1. The first-order valence-corrected chi connectivity index (χ1v) is 8.35. The van der Waals surface area contributed by atoms with Gasteiger partial charge in [-0.25, -0.2) is 4.68 Å². The lowest BCUT2D eigenvalue weighted by molar-refractivity contribution is 0.105. The van der Waals surface area contributed by atoms with Gasteiger partial charge >= 0.3 is 0 Å². The number of carbonyl (C=O) groups is 1. The van der Waals surface area contributed by atoms with E-state index in [1.54, 1.807) is 18.2 Å². The normalized spacial score (nSPS) is 11.3. The molecule has 0 aliphatic rings. The molecule has 1 aromatic carbocycles. The molecule has 0 saturated carbocycles. The molecule has 2 heterocycles. The average molecular weight is 343 g/mol. The first kappa shape index (κ1) is 15.7. The fourth-order valence-electron chi connectivity index (χ4n) is 2.40. The maximum absolute atomic E-state index is 12.2. The minimum absolute atomic E-state index is 0.0480. The lowest BCUT2D eigenvalue weighted by Crippen LogP contribution is -1.98. The van der Waals surface area contributed by atoms with Gasteiger partial charge < -0.3 is 0 Å². The van der Waals surface area contributed by atoms with Crippen LogP contribution in [0.3, 0.4) is 0 Å². The number of para-hydroxylation sites is 1. The maximum atomic E-state index is 12.2. The summed E-state index contributed by atoms with van der Waals surface area (Å²) in [5.41, 5.74) is 3.86. The van der Waals surface area contributed by atoms with E-state index in [2.05, 4.69) is 5.10 Å². The third-order valence-electron chi connectivity index (χ3n) is 3.57. The molecule has 0 bridgehead atoms. The maximum Gasteiger partial charge on any atom is 0.195 e. The Hall–Kier alpha value is -2.17. The molecule has 0 N–H and O–H groups in total. The Balaban J connectivity index is 1.90. The van der Waals surface area contributed by atoms with Crippen LogP contribution in [-0.4, -0.2) is 15.6 Å². The summed E-state index contributed by atoms with van der Waals surface area (Å²) in [6.45, 7) is 3.94. The summed E-state index contributed by atoms with van der Waals surface area (Å²) in [5, 5.41) is 4.57. The zero-order valence-electron chi connectivity index (χ0n) is 12.8. The van der Waals surface area contributed by atoms with Gasteiger partial charge in [0.2, 0.25) is 0 Å². The van der Waals surface area contributed by atoms with Gasteiger partial charge in [0.05, 0.1) is 20.6 Å². The molecule has 5 heteroatoms. The largest absolute Gasteiger partial charge is 0.288 e. The van der Waals surface area contributed by atoms with Gasteiger partial charge in [0.1, 0.15) is 0 Å². The standard InChI is InChI=1S/C18H15ClN2OS/c1-12-15(8-9-16(22)17-10-11-18(19)23-17)13(2)21(20-12)14-6-4-3-5-7-14/h3-11H,1-2H3/b9-8+. The number of nitrogens with zero attached hydrogens (tertiary/aromatic N) is 2. The predicted octanol–water partition coefficient (Wildman–Crippen LogP) is 5.10. The highest BCUT2D eigenvalue weighted by molar-refractivity contribution is 7.18. The van der Waals surface area contributed by atoms with Crippen molar-refractivity contribution in [2.75, 3.05) is 0 Å². The topological polar surface area (TPSA) is 34.9 Å². The molecule has 0 aliphatic heterocycles. The molecule has 0 fully saturated rings. The van der Waals surface area contributed by atoms with E-state index in [-0.39, 0.29) is 5.78 Å². The summed E-state index contributed by atoms with van der Waals surface area (Å²) in [4.78, 5) is 12.8. The first-order valence-electron chi connectivity index (χ1n) is 7.15.